The number of nitrogen functional groups attached to an aromatic ring is 1. The lowest BCUT2D eigenvalue weighted by Crippen LogP contribution is -2.37. The lowest BCUT2D eigenvalue weighted by atomic mass is 10.1. The van der Waals surface area contributed by atoms with E-state index in [1.54, 1.807) is 7.05 Å². The van der Waals surface area contributed by atoms with Gasteiger partial charge in [-0.1, -0.05) is 12.2 Å². The van der Waals surface area contributed by atoms with Gasteiger partial charge in [0, 0.05) is 7.05 Å². The van der Waals surface area contributed by atoms with Gasteiger partial charge >= 0.3 is 19.1 Å². The van der Waals surface area contributed by atoms with Gasteiger partial charge in [0.05, 0.1) is 19.3 Å². The first-order chi connectivity index (χ1) is 20.8. The summed E-state index contributed by atoms with van der Waals surface area (Å²) in [6, 6.07) is 0. The van der Waals surface area contributed by atoms with Crippen molar-refractivity contribution >= 4 is 65.7 Å². The van der Waals surface area contributed by atoms with Crippen molar-refractivity contribution < 1.29 is 46.5 Å². The van der Waals surface area contributed by atoms with Crippen LogP contribution < -0.4 is 11.3 Å². The van der Waals surface area contributed by atoms with Gasteiger partial charge in [-0.05, 0) is 11.8 Å². The Labute approximate surface area is 255 Å². The number of aliphatic hydroxyl groups excluding tert-OH is 1. The molecule has 44 heavy (non-hydrogen) atoms. The number of ether oxygens (including phenoxy) is 2. The smallest absolute Gasteiger partial charge is 0.385 e. The number of nitrogens with zero attached hydrogens (tertiary/aromatic N) is 8. The third-order valence-corrected chi connectivity index (χ3v) is 10.3. The van der Waals surface area contributed by atoms with E-state index in [1.807, 2.05) is 0 Å². The molecule has 7 heterocycles. The van der Waals surface area contributed by atoms with Crippen LogP contribution in [-0.2, 0) is 51.0 Å². The molecule has 0 radical (unpaired) electrons. The van der Waals surface area contributed by atoms with Gasteiger partial charge in [0.1, 0.15) is 48.2 Å². The average Bonchev–Trinajstić information content (AvgIpc) is 3.72. The van der Waals surface area contributed by atoms with Gasteiger partial charge in [-0.3, -0.25) is 32.0 Å². The molecule has 3 fully saturated rings. The number of hydrogen-bond acceptors (Lipinski definition) is 16. The van der Waals surface area contributed by atoms with Gasteiger partial charge in [-0.2, -0.15) is 4.98 Å². The van der Waals surface area contributed by atoms with Crippen LogP contribution >= 0.6 is 25.8 Å². The van der Waals surface area contributed by atoms with Crippen LogP contribution in [0.15, 0.2) is 30.1 Å². The highest BCUT2D eigenvalue weighted by Crippen LogP contribution is 2.59. The summed E-state index contributed by atoms with van der Waals surface area (Å²) in [5, 5.41) is 11.1. The Kier molecular flexibility index (Phi) is 7.43. The van der Waals surface area contributed by atoms with E-state index in [0.717, 1.165) is 6.33 Å². The summed E-state index contributed by atoms with van der Waals surface area (Å²) < 4.78 is 67.4. The highest BCUT2D eigenvalue weighted by molar-refractivity contribution is 8.44. The zero-order valence-corrected chi connectivity index (χ0v) is 25.6. The number of halogens is 1. The first-order valence-corrected chi connectivity index (χ1v) is 17.9. The summed E-state index contributed by atoms with van der Waals surface area (Å²) in [6.45, 7) is -9.43. The van der Waals surface area contributed by atoms with E-state index in [4.69, 9.17) is 45.1 Å². The number of anilines is 1. The summed E-state index contributed by atoms with van der Waals surface area (Å²) in [6.07, 6.45) is -8.06. The molecule has 10 atom stereocenters. The molecule has 3 aliphatic rings. The first kappa shape index (κ1) is 30.2. The van der Waals surface area contributed by atoms with Crippen molar-refractivity contribution in [3.63, 3.8) is 0 Å². The van der Waals surface area contributed by atoms with Crippen LogP contribution in [-0.4, -0.2) is 92.1 Å². The van der Waals surface area contributed by atoms with Crippen LogP contribution in [0.25, 0.3) is 22.3 Å². The Morgan fingerprint density at radius 2 is 1.80 bits per heavy atom. The van der Waals surface area contributed by atoms with E-state index in [9.17, 15) is 19.4 Å². The molecule has 0 saturated carbocycles. The fraction of sp³-hybridized carbons (Fsp3) is 0.500. The Bertz CT molecular complexity index is 1930. The van der Waals surface area contributed by atoms with Crippen LogP contribution in [0.1, 0.15) is 12.5 Å². The van der Waals surface area contributed by atoms with Crippen molar-refractivity contribution in [2.75, 3.05) is 12.3 Å². The van der Waals surface area contributed by atoms with E-state index >= 15 is 4.39 Å². The maximum Gasteiger partial charge on any atom is 0.386 e. The second kappa shape index (κ2) is 10.8. The number of fused-ring (bicyclic) bond motifs is 5. The van der Waals surface area contributed by atoms with Gasteiger partial charge < -0.3 is 29.8 Å². The number of aryl methyl sites for hydroxylation is 1. The zero-order chi connectivity index (χ0) is 31.1. The second-order valence-corrected chi connectivity index (χ2v) is 15.6. The number of rotatable bonds is 2. The van der Waals surface area contributed by atoms with E-state index in [2.05, 4.69) is 37.2 Å². The fourth-order valence-electron chi connectivity index (χ4n) is 5.24. The Morgan fingerprint density at radius 3 is 2.59 bits per heavy atom. The standard InChI is InChI=1S/C20H22FN9O10P2S2/c1-28-4-27-16(32)10-17(28)30(6-26-10)19-13-11(31)20(37-19)40-42(34,44)38-12-7(2-35-41(33,43)39-13)36-18(8(12)21)29-5-25-9-14(22)23-3-24-15(9)29/h3-8,11-13,18-20,31H,2H2,1H3,(H,33,43)(H,34,44)(H2,22,23,24)/t7-,8-,11+,12-,13-,18-,19-,20-,41?,42?/m1/s1. The number of alkyl halides is 1. The molecule has 0 aliphatic carbocycles. The van der Waals surface area contributed by atoms with Crippen molar-refractivity contribution in [1.29, 1.82) is 0 Å². The maximum atomic E-state index is 16.0. The number of aliphatic hydroxyl groups is 1. The summed E-state index contributed by atoms with van der Waals surface area (Å²) in [7, 11) is 1.58. The number of imidazole rings is 2. The molecule has 3 aliphatic heterocycles. The highest BCUT2D eigenvalue weighted by Gasteiger charge is 2.55. The molecule has 4 aromatic rings. The van der Waals surface area contributed by atoms with Crippen molar-refractivity contribution in [1.82, 2.24) is 38.6 Å². The quantitative estimate of drug-likeness (QED) is 0.161. The van der Waals surface area contributed by atoms with Crippen LogP contribution in [0, 0.1) is 0 Å². The lowest BCUT2D eigenvalue weighted by molar-refractivity contribution is -0.133. The molecule has 3 saturated heterocycles. The van der Waals surface area contributed by atoms with Crippen LogP contribution in [0.4, 0.5) is 10.2 Å². The Morgan fingerprint density at radius 1 is 1.05 bits per heavy atom. The zero-order valence-electron chi connectivity index (χ0n) is 22.1. The van der Waals surface area contributed by atoms with Crippen molar-refractivity contribution in [2.24, 2.45) is 7.05 Å². The van der Waals surface area contributed by atoms with Crippen molar-refractivity contribution in [3.8, 4) is 0 Å². The monoisotopic (exact) mass is 693 g/mol. The molecule has 19 nitrogen and oxygen atoms in total. The van der Waals surface area contributed by atoms with Gasteiger partial charge in [-0.15, -0.1) is 0 Å². The summed E-state index contributed by atoms with van der Waals surface area (Å²) >= 11 is 9.22. The lowest BCUT2D eigenvalue weighted by Gasteiger charge is -2.29. The van der Waals surface area contributed by atoms with Gasteiger partial charge in [-0.25, -0.2) is 28.9 Å². The molecule has 4 aromatic heterocycles. The highest BCUT2D eigenvalue weighted by atomic mass is 32.7. The van der Waals surface area contributed by atoms with Crippen LogP contribution in [0.2, 0.25) is 0 Å². The number of nitrogens with two attached hydrogens (primary N) is 1. The van der Waals surface area contributed by atoms with Crippen molar-refractivity contribution in [3.05, 3.63) is 35.7 Å². The van der Waals surface area contributed by atoms with Gasteiger partial charge in [0.25, 0.3) is 0 Å². The maximum absolute atomic E-state index is 16.0. The van der Waals surface area contributed by atoms with E-state index < -0.39 is 75.0 Å². The molecule has 236 valence electrons. The summed E-state index contributed by atoms with van der Waals surface area (Å²) in [4.78, 5) is 43.1. The molecular weight excluding hydrogens is 671 g/mol. The summed E-state index contributed by atoms with van der Waals surface area (Å²) in [5.41, 5.74) is 5.69. The third-order valence-electron chi connectivity index (χ3n) is 7.17. The van der Waals surface area contributed by atoms with Crippen molar-refractivity contribution in [2.45, 2.75) is 49.3 Å². The van der Waals surface area contributed by atoms with E-state index in [1.165, 1.54) is 32.7 Å². The minimum Gasteiger partial charge on any atom is -0.385 e. The molecule has 0 aromatic carbocycles. The minimum atomic E-state index is -4.42. The van der Waals surface area contributed by atoms with E-state index in [0.29, 0.717) is 0 Å². The molecule has 0 amide bonds. The third kappa shape index (κ3) is 5.08. The van der Waals surface area contributed by atoms with Crippen LogP contribution in [0.3, 0.4) is 0 Å². The number of hydrogen-bond donors (Lipinski definition) is 4. The number of aromatic nitrogens is 8. The molecule has 24 heteroatoms. The Hall–Kier alpha value is -2.46. The molecule has 7 rings (SSSR count). The SMILES string of the molecule is Cn1cnc(=O)c2ncn([C@@H]3O[C@@H]4OP(O)(=S)O[C@H]5[C@@H](F)[C@H](n6cnc7c(N)ncnc76)O[C@@H]5COP(=O)(S)O[C@@H]3[C@@H]4O)c21. The average molecular weight is 694 g/mol. The fourth-order valence-corrected chi connectivity index (χ4v) is 8.29. The van der Waals surface area contributed by atoms with Gasteiger partial charge in [0.15, 0.2) is 41.9 Å². The molecule has 4 N–H and O–H groups in total. The van der Waals surface area contributed by atoms with E-state index in [-0.39, 0.29) is 28.1 Å². The molecule has 0 spiro atoms. The molecular formula is C20H22FN9O10P2S2. The normalized spacial score (nSPS) is 38.0. The number of thiol groups is 1. The topological polar surface area (TPSA) is 235 Å². The largest absolute Gasteiger partial charge is 0.386 e. The van der Waals surface area contributed by atoms with Gasteiger partial charge in [0.2, 0.25) is 0 Å². The Balaban J connectivity index is 1.22. The minimum absolute atomic E-state index is 0.0385. The summed E-state index contributed by atoms with van der Waals surface area (Å²) in [5.74, 6) is 0.0511. The predicted molar refractivity (Wildman–Crippen MR) is 151 cm³/mol. The first-order valence-electron chi connectivity index (χ1n) is 12.6. The van der Waals surface area contributed by atoms with Crippen LogP contribution in [0.5, 0.6) is 0 Å². The predicted octanol–water partition coefficient (Wildman–Crippen LogP) is 0.0753. The molecule has 2 unspecified atom stereocenters. The molecule has 2 bridgehead atoms. The second-order valence-electron chi connectivity index (χ2n) is 9.94.